The zero-order valence-corrected chi connectivity index (χ0v) is 12.0. The lowest BCUT2D eigenvalue weighted by Gasteiger charge is -2.15. The molecule has 0 radical (unpaired) electrons. The molecule has 3 N–H and O–H groups in total. The normalized spacial score (nSPS) is 12.2. The van der Waals surface area contributed by atoms with E-state index in [-0.39, 0.29) is 23.1 Å². The molecule has 1 rings (SSSR count). The van der Waals surface area contributed by atoms with Gasteiger partial charge in [0.25, 0.3) is 0 Å². The first-order valence-corrected chi connectivity index (χ1v) is 6.64. The van der Waals surface area contributed by atoms with Crippen LogP contribution in [-0.2, 0) is 16.0 Å². The highest BCUT2D eigenvalue weighted by molar-refractivity contribution is 9.10. The number of anilines is 1. The van der Waals surface area contributed by atoms with E-state index in [9.17, 15) is 9.59 Å². The number of hydrogen-bond donors (Lipinski definition) is 2. The van der Waals surface area contributed by atoms with Gasteiger partial charge < -0.3 is 11.1 Å². The van der Waals surface area contributed by atoms with Crippen molar-refractivity contribution in [2.45, 2.75) is 25.1 Å². The molecule has 0 aliphatic carbocycles. The van der Waals surface area contributed by atoms with Crippen molar-refractivity contribution in [3.05, 3.63) is 29.8 Å². The Bertz CT molecular complexity index is 446. The van der Waals surface area contributed by atoms with Crippen LogP contribution >= 0.6 is 15.9 Å². The van der Waals surface area contributed by atoms with Crippen molar-refractivity contribution >= 4 is 33.4 Å². The molecular formula is C13H17BrN2O2. The number of hydrogen-bond acceptors (Lipinski definition) is 2. The summed E-state index contributed by atoms with van der Waals surface area (Å²) in [6.45, 7) is 3.91. The molecule has 4 nitrogen and oxygen atoms in total. The Morgan fingerprint density at radius 3 is 2.50 bits per heavy atom. The maximum absolute atomic E-state index is 11.9. The minimum Gasteiger partial charge on any atom is -0.369 e. The minimum absolute atomic E-state index is 0.116. The third-order valence-electron chi connectivity index (χ3n) is 2.48. The van der Waals surface area contributed by atoms with Crippen LogP contribution in [0.4, 0.5) is 5.69 Å². The molecule has 0 heterocycles. The number of primary amides is 1. The molecule has 18 heavy (non-hydrogen) atoms. The van der Waals surface area contributed by atoms with E-state index in [4.69, 9.17) is 5.73 Å². The van der Waals surface area contributed by atoms with Gasteiger partial charge in [0.15, 0.2) is 0 Å². The second-order valence-electron chi connectivity index (χ2n) is 4.44. The van der Waals surface area contributed by atoms with Gasteiger partial charge in [-0.25, -0.2) is 0 Å². The zero-order valence-electron chi connectivity index (χ0n) is 10.4. The average Bonchev–Trinajstić information content (AvgIpc) is 2.29. The molecule has 0 spiro atoms. The van der Waals surface area contributed by atoms with Crippen LogP contribution in [0.2, 0.25) is 0 Å². The molecule has 1 aromatic rings. The van der Waals surface area contributed by atoms with Crippen LogP contribution in [-0.4, -0.2) is 16.6 Å². The fourth-order valence-electron chi connectivity index (χ4n) is 1.49. The minimum atomic E-state index is -0.420. The molecular weight excluding hydrogens is 296 g/mol. The Morgan fingerprint density at radius 2 is 1.94 bits per heavy atom. The van der Waals surface area contributed by atoms with Gasteiger partial charge >= 0.3 is 0 Å². The lowest BCUT2D eigenvalue weighted by Crippen LogP contribution is -2.27. The van der Waals surface area contributed by atoms with E-state index in [0.29, 0.717) is 5.69 Å². The topological polar surface area (TPSA) is 72.2 Å². The summed E-state index contributed by atoms with van der Waals surface area (Å²) < 4.78 is 0. The molecule has 0 aliphatic heterocycles. The van der Waals surface area contributed by atoms with Crippen molar-refractivity contribution in [1.29, 1.82) is 0 Å². The van der Waals surface area contributed by atoms with E-state index in [2.05, 4.69) is 21.2 Å². The van der Waals surface area contributed by atoms with Crippen molar-refractivity contribution < 1.29 is 9.59 Å². The number of benzene rings is 1. The number of para-hydroxylation sites is 1. The van der Waals surface area contributed by atoms with Crippen LogP contribution in [0.25, 0.3) is 0 Å². The lowest BCUT2D eigenvalue weighted by molar-refractivity contribution is -0.118. The lowest BCUT2D eigenvalue weighted by atomic mass is 10.1. The summed E-state index contributed by atoms with van der Waals surface area (Å²) in [5, 5.41) is 2.80. The van der Waals surface area contributed by atoms with Crippen molar-refractivity contribution in [1.82, 2.24) is 0 Å². The molecule has 0 bridgehead atoms. The van der Waals surface area contributed by atoms with Crippen molar-refractivity contribution in [3.63, 3.8) is 0 Å². The largest absolute Gasteiger partial charge is 0.369 e. The quantitative estimate of drug-likeness (QED) is 0.817. The molecule has 1 atom stereocenters. The van der Waals surface area contributed by atoms with Gasteiger partial charge in [-0.2, -0.15) is 0 Å². The number of carbonyl (C=O) groups is 2. The van der Waals surface area contributed by atoms with Crippen LogP contribution < -0.4 is 11.1 Å². The van der Waals surface area contributed by atoms with Gasteiger partial charge in [0.05, 0.1) is 11.2 Å². The van der Waals surface area contributed by atoms with E-state index in [1.165, 1.54) is 0 Å². The van der Waals surface area contributed by atoms with Gasteiger partial charge in [-0.3, -0.25) is 9.59 Å². The standard InChI is InChI=1S/C13H17BrN2O2/c1-8(2)12(14)13(18)16-10-6-4-3-5-9(10)7-11(15)17/h3-6,8,12H,7H2,1-2H3,(H2,15,17)(H,16,18). The molecule has 98 valence electrons. The number of carbonyl (C=O) groups excluding carboxylic acids is 2. The molecule has 0 saturated heterocycles. The summed E-state index contributed by atoms with van der Waals surface area (Å²) in [5.74, 6) is -0.355. The number of nitrogens with two attached hydrogens (primary N) is 1. The first kappa shape index (κ1) is 14.7. The molecule has 1 aromatic carbocycles. The molecule has 2 amide bonds. The summed E-state index contributed by atoms with van der Waals surface area (Å²) in [6, 6.07) is 7.15. The van der Waals surface area contributed by atoms with E-state index in [1.807, 2.05) is 19.9 Å². The first-order chi connectivity index (χ1) is 8.41. The highest BCUT2D eigenvalue weighted by Crippen LogP contribution is 2.19. The third-order valence-corrected chi connectivity index (χ3v) is 3.95. The zero-order chi connectivity index (χ0) is 13.7. The SMILES string of the molecule is CC(C)C(Br)C(=O)Nc1ccccc1CC(N)=O. The Kier molecular flexibility index (Phi) is 5.34. The van der Waals surface area contributed by atoms with Crippen LogP contribution in [0.3, 0.4) is 0 Å². The predicted octanol–water partition coefficient (Wildman–Crippen LogP) is 2.07. The fourth-order valence-corrected chi connectivity index (χ4v) is 1.60. The van der Waals surface area contributed by atoms with Gasteiger partial charge in [-0.1, -0.05) is 48.0 Å². The van der Waals surface area contributed by atoms with E-state index in [0.717, 1.165) is 5.56 Å². The van der Waals surface area contributed by atoms with Gasteiger partial charge in [0.2, 0.25) is 11.8 Å². The second-order valence-corrected chi connectivity index (χ2v) is 5.42. The van der Waals surface area contributed by atoms with Crippen molar-refractivity contribution in [2.75, 3.05) is 5.32 Å². The monoisotopic (exact) mass is 312 g/mol. The fraction of sp³-hybridized carbons (Fsp3) is 0.385. The molecule has 5 heteroatoms. The van der Waals surface area contributed by atoms with Crippen LogP contribution in [0, 0.1) is 5.92 Å². The average molecular weight is 313 g/mol. The van der Waals surface area contributed by atoms with Crippen LogP contribution in [0.15, 0.2) is 24.3 Å². The predicted molar refractivity (Wildman–Crippen MR) is 75.5 cm³/mol. The van der Waals surface area contributed by atoms with Crippen LogP contribution in [0.1, 0.15) is 19.4 Å². The van der Waals surface area contributed by atoms with Gasteiger partial charge in [0, 0.05) is 5.69 Å². The number of alkyl halides is 1. The van der Waals surface area contributed by atoms with E-state index < -0.39 is 5.91 Å². The molecule has 0 saturated carbocycles. The number of halogens is 1. The van der Waals surface area contributed by atoms with Crippen LogP contribution in [0.5, 0.6) is 0 Å². The maximum atomic E-state index is 11.9. The van der Waals surface area contributed by atoms with Gasteiger partial charge in [-0.15, -0.1) is 0 Å². The molecule has 1 unspecified atom stereocenters. The van der Waals surface area contributed by atoms with Gasteiger partial charge in [-0.05, 0) is 17.5 Å². The Labute approximate surface area is 115 Å². The highest BCUT2D eigenvalue weighted by atomic mass is 79.9. The molecule has 0 fully saturated rings. The number of amides is 2. The summed E-state index contributed by atoms with van der Waals surface area (Å²) in [7, 11) is 0. The Morgan fingerprint density at radius 1 is 1.33 bits per heavy atom. The maximum Gasteiger partial charge on any atom is 0.238 e. The second kappa shape index (κ2) is 6.54. The number of rotatable bonds is 5. The van der Waals surface area contributed by atoms with E-state index >= 15 is 0 Å². The first-order valence-electron chi connectivity index (χ1n) is 5.73. The van der Waals surface area contributed by atoms with E-state index in [1.54, 1.807) is 18.2 Å². The summed E-state index contributed by atoms with van der Waals surface area (Å²) >= 11 is 3.34. The van der Waals surface area contributed by atoms with Crippen molar-refractivity contribution in [3.8, 4) is 0 Å². The summed E-state index contributed by atoms with van der Waals surface area (Å²) in [6.07, 6.45) is 0.116. The van der Waals surface area contributed by atoms with Gasteiger partial charge in [0.1, 0.15) is 0 Å². The Balaban J connectivity index is 2.84. The summed E-state index contributed by atoms with van der Waals surface area (Å²) in [4.78, 5) is 22.6. The smallest absolute Gasteiger partial charge is 0.238 e. The summed E-state index contributed by atoms with van der Waals surface area (Å²) in [5.41, 5.74) is 6.53. The van der Waals surface area contributed by atoms with Crippen molar-refractivity contribution in [2.24, 2.45) is 11.7 Å². The Hall–Kier alpha value is -1.36. The number of nitrogens with one attached hydrogen (secondary N) is 1. The third kappa shape index (κ3) is 4.14. The highest BCUT2D eigenvalue weighted by Gasteiger charge is 2.19. The molecule has 0 aliphatic rings. The molecule has 0 aromatic heterocycles.